The van der Waals surface area contributed by atoms with Crippen LogP contribution in [0.1, 0.15) is 17.2 Å². The summed E-state index contributed by atoms with van der Waals surface area (Å²) < 4.78 is 5.11. The summed E-state index contributed by atoms with van der Waals surface area (Å²) >= 11 is 1.58. The largest absolute Gasteiger partial charge is 0.497 e. The Hall–Kier alpha value is -1.32. The number of benzene rings is 1. The molecule has 0 fully saturated rings. The number of rotatable bonds is 3. The van der Waals surface area contributed by atoms with Crippen molar-refractivity contribution in [2.24, 2.45) is 0 Å². The Labute approximate surface area is 92.8 Å². The minimum absolute atomic E-state index is 0.564. The molecule has 0 aliphatic carbocycles. The summed E-state index contributed by atoms with van der Waals surface area (Å²) in [6.45, 7) is 0. The lowest BCUT2D eigenvalue weighted by Gasteiger charge is -2.10. The van der Waals surface area contributed by atoms with Gasteiger partial charge in [0.1, 0.15) is 11.9 Å². The van der Waals surface area contributed by atoms with E-state index in [1.54, 1.807) is 18.4 Å². The van der Waals surface area contributed by atoms with Crippen LogP contribution in [0.25, 0.3) is 0 Å². The molecule has 3 heteroatoms. The highest BCUT2D eigenvalue weighted by molar-refractivity contribution is 7.07. The van der Waals surface area contributed by atoms with E-state index >= 15 is 0 Å². The first-order chi connectivity index (χ1) is 7.31. The van der Waals surface area contributed by atoms with Crippen molar-refractivity contribution >= 4 is 11.3 Å². The molecule has 2 nitrogen and oxygen atoms in total. The van der Waals surface area contributed by atoms with E-state index in [9.17, 15) is 5.11 Å². The van der Waals surface area contributed by atoms with Gasteiger partial charge in [-0.05, 0) is 40.1 Å². The second-order valence-electron chi connectivity index (χ2n) is 3.24. The number of thiophene rings is 1. The molecule has 1 N–H and O–H groups in total. The molecule has 1 aromatic heterocycles. The lowest BCUT2D eigenvalue weighted by Crippen LogP contribution is -1.98. The van der Waals surface area contributed by atoms with Gasteiger partial charge in [0, 0.05) is 0 Å². The number of hydrogen-bond donors (Lipinski definition) is 1. The van der Waals surface area contributed by atoms with E-state index in [0.717, 1.165) is 16.9 Å². The zero-order chi connectivity index (χ0) is 10.7. The van der Waals surface area contributed by atoms with Gasteiger partial charge in [0.05, 0.1) is 7.11 Å². The minimum Gasteiger partial charge on any atom is -0.497 e. The molecule has 15 heavy (non-hydrogen) atoms. The van der Waals surface area contributed by atoms with Crippen LogP contribution in [0.2, 0.25) is 0 Å². The van der Waals surface area contributed by atoms with E-state index < -0.39 is 6.10 Å². The molecule has 1 heterocycles. The third-order valence-corrected chi connectivity index (χ3v) is 2.97. The first-order valence-corrected chi connectivity index (χ1v) is 5.59. The Morgan fingerprint density at radius 3 is 2.80 bits per heavy atom. The molecule has 0 radical (unpaired) electrons. The number of methoxy groups -OCH3 is 1. The van der Waals surface area contributed by atoms with Crippen molar-refractivity contribution in [3.63, 3.8) is 0 Å². The second-order valence-corrected chi connectivity index (χ2v) is 4.02. The quantitative estimate of drug-likeness (QED) is 0.861. The van der Waals surface area contributed by atoms with Crippen LogP contribution in [-0.4, -0.2) is 12.2 Å². The van der Waals surface area contributed by atoms with Crippen molar-refractivity contribution in [3.8, 4) is 5.75 Å². The molecule has 2 aromatic rings. The summed E-state index contributed by atoms with van der Waals surface area (Å²) in [6.07, 6.45) is -0.564. The number of ether oxygens (including phenoxy) is 1. The highest BCUT2D eigenvalue weighted by Crippen LogP contribution is 2.26. The van der Waals surface area contributed by atoms with Crippen LogP contribution in [0.15, 0.2) is 41.1 Å². The Balaban J connectivity index is 2.29. The first-order valence-electron chi connectivity index (χ1n) is 4.65. The lowest BCUT2D eigenvalue weighted by molar-refractivity contribution is 0.220. The van der Waals surface area contributed by atoms with Gasteiger partial charge in [0.15, 0.2) is 0 Å². The first kappa shape index (κ1) is 10.2. The summed E-state index contributed by atoms with van der Waals surface area (Å²) in [5.41, 5.74) is 1.78. The molecule has 0 aliphatic heterocycles. The van der Waals surface area contributed by atoms with Crippen LogP contribution in [0.4, 0.5) is 0 Å². The van der Waals surface area contributed by atoms with Crippen molar-refractivity contribution < 1.29 is 9.84 Å². The Bertz CT molecular complexity index is 423. The Kier molecular flexibility index (Phi) is 3.04. The van der Waals surface area contributed by atoms with Gasteiger partial charge < -0.3 is 9.84 Å². The van der Waals surface area contributed by atoms with Gasteiger partial charge in [-0.2, -0.15) is 11.3 Å². The van der Waals surface area contributed by atoms with E-state index in [2.05, 4.69) is 0 Å². The van der Waals surface area contributed by atoms with E-state index in [0.29, 0.717) is 0 Å². The average Bonchev–Trinajstić information content (AvgIpc) is 2.81. The van der Waals surface area contributed by atoms with Gasteiger partial charge >= 0.3 is 0 Å². The van der Waals surface area contributed by atoms with Gasteiger partial charge in [-0.25, -0.2) is 0 Å². The smallest absolute Gasteiger partial charge is 0.119 e. The second kappa shape index (κ2) is 4.47. The van der Waals surface area contributed by atoms with Gasteiger partial charge in [-0.3, -0.25) is 0 Å². The highest BCUT2D eigenvalue weighted by atomic mass is 32.1. The van der Waals surface area contributed by atoms with Crippen LogP contribution in [0.3, 0.4) is 0 Å². The number of aliphatic hydroxyl groups excluding tert-OH is 1. The third kappa shape index (κ3) is 2.19. The summed E-state index contributed by atoms with van der Waals surface area (Å²) in [4.78, 5) is 0. The van der Waals surface area contributed by atoms with E-state index in [4.69, 9.17) is 4.74 Å². The standard InChI is InChI=1S/C12H12O2S/c1-14-11-4-2-3-9(7-11)12(13)10-5-6-15-8-10/h2-8,12-13H,1H3/t12-/m1/s1. The zero-order valence-electron chi connectivity index (χ0n) is 8.38. The SMILES string of the molecule is COc1cccc([C@@H](O)c2ccsc2)c1. The zero-order valence-corrected chi connectivity index (χ0v) is 9.20. The summed E-state index contributed by atoms with van der Waals surface area (Å²) in [5.74, 6) is 0.766. The lowest BCUT2D eigenvalue weighted by atomic mass is 10.0. The van der Waals surface area contributed by atoms with Crippen molar-refractivity contribution in [2.45, 2.75) is 6.10 Å². The fourth-order valence-electron chi connectivity index (χ4n) is 1.43. The number of hydrogen-bond acceptors (Lipinski definition) is 3. The molecular formula is C12H12O2S. The fraction of sp³-hybridized carbons (Fsp3) is 0.167. The van der Waals surface area contributed by atoms with Crippen molar-refractivity contribution in [3.05, 3.63) is 52.2 Å². The van der Waals surface area contributed by atoms with Crippen LogP contribution in [0.5, 0.6) is 5.75 Å². The molecular weight excluding hydrogens is 208 g/mol. The molecule has 0 aliphatic rings. The monoisotopic (exact) mass is 220 g/mol. The summed E-state index contributed by atoms with van der Waals surface area (Å²) in [5, 5.41) is 14.0. The Morgan fingerprint density at radius 1 is 1.27 bits per heavy atom. The normalized spacial score (nSPS) is 12.4. The predicted molar refractivity (Wildman–Crippen MR) is 61.4 cm³/mol. The highest BCUT2D eigenvalue weighted by Gasteiger charge is 2.10. The molecule has 0 saturated heterocycles. The summed E-state index contributed by atoms with van der Waals surface area (Å²) in [7, 11) is 1.62. The van der Waals surface area contributed by atoms with Crippen LogP contribution < -0.4 is 4.74 Å². The maximum Gasteiger partial charge on any atom is 0.119 e. The van der Waals surface area contributed by atoms with Crippen LogP contribution in [0, 0.1) is 0 Å². The van der Waals surface area contributed by atoms with Gasteiger partial charge in [0.25, 0.3) is 0 Å². The van der Waals surface area contributed by atoms with Crippen molar-refractivity contribution in [2.75, 3.05) is 7.11 Å². The topological polar surface area (TPSA) is 29.5 Å². The molecule has 0 amide bonds. The van der Waals surface area contributed by atoms with Gasteiger partial charge in [0.2, 0.25) is 0 Å². The average molecular weight is 220 g/mol. The van der Waals surface area contributed by atoms with Crippen LogP contribution >= 0.6 is 11.3 Å². The molecule has 0 saturated carbocycles. The molecule has 1 aromatic carbocycles. The maximum atomic E-state index is 10.1. The molecule has 0 unspecified atom stereocenters. The molecule has 2 rings (SSSR count). The molecule has 78 valence electrons. The van der Waals surface area contributed by atoms with Crippen LogP contribution in [-0.2, 0) is 0 Å². The van der Waals surface area contributed by atoms with E-state index in [1.165, 1.54) is 0 Å². The third-order valence-electron chi connectivity index (χ3n) is 2.27. The van der Waals surface area contributed by atoms with E-state index in [-0.39, 0.29) is 0 Å². The van der Waals surface area contributed by atoms with E-state index in [1.807, 2.05) is 41.1 Å². The van der Waals surface area contributed by atoms with Crippen molar-refractivity contribution in [1.29, 1.82) is 0 Å². The predicted octanol–water partition coefficient (Wildman–Crippen LogP) is 2.84. The van der Waals surface area contributed by atoms with Gasteiger partial charge in [-0.15, -0.1) is 0 Å². The number of aliphatic hydroxyl groups is 1. The van der Waals surface area contributed by atoms with Gasteiger partial charge in [-0.1, -0.05) is 12.1 Å². The minimum atomic E-state index is -0.564. The maximum absolute atomic E-state index is 10.1. The fourth-order valence-corrected chi connectivity index (χ4v) is 2.11. The molecule has 0 spiro atoms. The molecule has 0 bridgehead atoms. The molecule has 1 atom stereocenters. The Morgan fingerprint density at radius 2 is 2.13 bits per heavy atom. The summed E-state index contributed by atoms with van der Waals surface area (Å²) in [6, 6.07) is 9.41. The van der Waals surface area contributed by atoms with Crippen molar-refractivity contribution in [1.82, 2.24) is 0 Å².